The van der Waals surface area contributed by atoms with Crippen LogP contribution in [0.3, 0.4) is 0 Å². The first-order valence-electron chi connectivity index (χ1n) is 5.94. The molecule has 0 aliphatic rings. The van der Waals surface area contributed by atoms with Gasteiger partial charge >= 0.3 is 5.97 Å². The van der Waals surface area contributed by atoms with Crippen molar-refractivity contribution in [2.75, 3.05) is 7.11 Å². The fraction of sp³-hybridized carbons (Fsp3) is 0.214. The molecule has 0 atom stereocenters. The Morgan fingerprint density at radius 1 is 1.25 bits per heavy atom. The van der Waals surface area contributed by atoms with E-state index < -0.39 is 5.97 Å². The Bertz CT molecular complexity index is 671. The van der Waals surface area contributed by atoms with E-state index in [0.29, 0.717) is 17.1 Å². The fourth-order valence-electron chi connectivity index (χ4n) is 2.02. The second-order valence-corrected chi connectivity index (χ2v) is 4.28. The molecule has 0 aliphatic heterocycles. The van der Waals surface area contributed by atoms with Crippen LogP contribution in [0.15, 0.2) is 24.3 Å². The topological polar surface area (TPSA) is 81.4 Å². The Morgan fingerprint density at radius 2 is 1.85 bits per heavy atom. The van der Waals surface area contributed by atoms with Crippen molar-refractivity contribution in [1.29, 1.82) is 0 Å². The van der Waals surface area contributed by atoms with Crippen LogP contribution in [0, 0.1) is 6.92 Å². The molecule has 20 heavy (non-hydrogen) atoms. The van der Waals surface area contributed by atoms with Crippen LogP contribution >= 0.6 is 0 Å². The molecule has 6 heteroatoms. The minimum absolute atomic E-state index is 0.0617. The third-order valence-corrected chi connectivity index (χ3v) is 2.92. The molecular formula is C14H14N2O4. The molecule has 0 spiro atoms. The normalized spacial score (nSPS) is 10.3. The average Bonchev–Trinajstić information content (AvgIpc) is 2.76. The quantitative estimate of drug-likeness (QED) is 0.863. The number of nitrogens with zero attached hydrogens (tertiary/aromatic N) is 2. The lowest BCUT2D eigenvalue weighted by atomic mass is 10.1. The summed E-state index contributed by atoms with van der Waals surface area (Å²) in [5.41, 5.74) is 0.915. The zero-order chi connectivity index (χ0) is 14.9. The summed E-state index contributed by atoms with van der Waals surface area (Å²) in [6.45, 7) is 2.89. The number of hydrogen-bond donors (Lipinski definition) is 1. The van der Waals surface area contributed by atoms with Gasteiger partial charge in [0.15, 0.2) is 5.78 Å². The number of carbonyl (C=O) groups excluding carboxylic acids is 1. The number of aryl methyl sites for hydroxylation is 1. The highest BCUT2D eigenvalue weighted by Gasteiger charge is 2.24. The smallest absolute Gasteiger partial charge is 0.339 e. The minimum atomic E-state index is -1.16. The van der Waals surface area contributed by atoms with Gasteiger partial charge in [0.1, 0.15) is 17.0 Å². The summed E-state index contributed by atoms with van der Waals surface area (Å²) in [5, 5.41) is 13.4. The van der Waals surface area contributed by atoms with E-state index in [1.807, 2.05) is 0 Å². The van der Waals surface area contributed by atoms with Gasteiger partial charge in [-0.1, -0.05) is 0 Å². The number of carbonyl (C=O) groups is 2. The van der Waals surface area contributed by atoms with E-state index in [4.69, 9.17) is 4.74 Å². The highest BCUT2D eigenvalue weighted by atomic mass is 16.5. The molecule has 1 N–H and O–H groups in total. The van der Waals surface area contributed by atoms with Gasteiger partial charge in [-0.05, 0) is 31.2 Å². The van der Waals surface area contributed by atoms with Crippen molar-refractivity contribution < 1.29 is 19.4 Å². The lowest BCUT2D eigenvalue weighted by molar-refractivity contribution is 0.0691. The van der Waals surface area contributed by atoms with Crippen LogP contribution in [-0.2, 0) is 0 Å². The minimum Gasteiger partial charge on any atom is -0.497 e. The molecule has 0 radical (unpaired) electrons. The summed E-state index contributed by atoms with van der Waals surface area (Å²) in [7, 11) is 1.55. The van der Waals surface area contributed by atoms with Crippen molar-refractivity contribution in [3.8, 4) is 11.4 Å². The number of aromatic carboxylic acids is 1. The van der Waals surface area contributed by atoms with Crippen LogP contribution in [0.1, 0.15) is 33.5 Å². The molecule has 1 aromatic heterocycles. The molecule has 0 unspecified atom stereocenters. The number of carboxylic acid groups (broad SMARTS) is 1. The second-order valence-electron chi connectivity index (χ2n) is 4.28. The third-order valence-electron chi connectivity index (χ3n) is 2.92. The number of hydrogen-bond acceptors (Lipinski definition) is 4. The summed E-state index contributed by atoms with van der Waals surface area (Å²) in [6.07, 6.45) is 0. The van der Waals surface area contributed by atoms with Crippen molar-refractivity contribution in [1.82, 2.24) is 9.78 Å². The summed E-state index contributed by atoms with van der Waals surface area (Å²) in [5.74, 6) is -0.841. The molecule has 0 saturated heterocycles. The van der Waals surface area contributed by atoms with E-state index in [1.54, 1.807) is 38.3 Å². The highest BCUT2D eigenvalue weighted by molar-refractivity contribution is 6.04. The van der Waals surface area contributed by atoms with Crippen LogP contribution in [0.4, 0.5) is 0 Å². The van der Waals surface area contributed by atoms with Gasteiger partial charge in [-0.2, -0.15) is 5.10 Å². The Labute approximate surface area is 115 Å². The number of ketones is 1. The highest BCUT2D eigenvalue weighted by Crippen LogP contribution is 2.21. The Kier molecular flexibility index (Phi) is 3.56. The lowest BCUT2D eigenvalue weighted by Crippen LogP contribution is -2.10. The first-order valence-corrected chi connectivity index (χ1v) is 5.94. The van der Waals surface area contributed by atoms with E-state index in [9.17, 15) is 14.7 Å². The van der Waals surface area contributed by atoms with Crippen LogP contribution in [0.25, 0.3) is 5.69 Å². The molecule has 0 aliphatic carbocycles. The molecule has 0 saturated carbocycles. The SMILES string of the molecule is COc1ccc(-n2nc(C)c(C(=O)O)c2C(C)=O)cc1. The number of benzene rings is 1. The summed E-state index contributed by atoms with van der Waals surface area (Å²) >= 11 is 0. The zero-order valence-corrected chi connectivity index (χ0v) is 11.4. The predicted molar refractivity (Wildman–Crippen MR) is 71.8 cm³/mol. The molecule has 2 aromatic rings. The van der Waals surface area contributed by atoms with Gasteiger partial charge in [-0.3, -0.25) is 4.79 Å². The van der Waals surface area contributed by atoms with Gasteiger partial charge in [0, 0.05) is 6.92 Å². The largest absolute Gasteiger partial charge is 0.497 e. The number of ether oxygens (including phenoxy) is 1. The third kappa shape index (κ3) is 2.27. The van der Waals surface area contributed by atoms with Gasteiger partial charge in [0.2, 0.25) is 0 Å². The van der Waals surface area contributed by atoms with Gasteiger partial charge in [-0.15, -0.1) is 0 Å². The van der Waals surface area contributed by atoms with Gasteiger partial charge in [0.05, 0.1) is 18.5 Å². The van der Waals surface area contributed by atoms with Crippen molar-refractivity contribution in [2.45, 2.75) is 13.8 Å². The molecule has 1 aromatic carbocycles. The lowest BCUT2D eigenvalue weighted by Gasteiger charge is -2.06. The zero-order valence-electron chi connectivity index (χ0n) is 11.4. The summed E-state index contributed by atoms with van der Waals surface area (Å²) in [4.78, 5) is 23.0. The van der Waals surface area contributed by atoms with Crippen LogP contribution in [0.2, 0.25) is 0 Å². The van der Waals surface area contributed by atoms with Gasteiger partial charge in [0.25, 0.3) is 0 Å². The maximum absolute atomic E-state index is 11.8. The molecular weight excluding hydrogens is 260 g/mol. The molecule has 2 rings (SSSR count). The fourth-order valence-corrected chi connectivity index (χ4v) is 2.02. The maximum Gasteiger partial charge on any atom is 0.339 e. The number of aromatic nitrogens is 2. The van der Waals surface area contributed by atoms with E-state index >= 15 is 0 Å². The van der Waals surface area contributed by atoms with Crippen LogP contribution in [-0.4, -0.2) is 33.7 Å². The first kappa shape index (κ1) is 13.8. The molecule has 104 valence electrons. The van der Waals surface area contributed by atoms with Gasteiger partial charge < -0.3 is 9.84 Å². The van der Waals surface area contributed by atoms with E-state index in [-0.39, 0.29) is 17.0 Å². The maximum atomic E-state index is 11.8. The number of Topliss-reactive ketones (excluding diaryl/α,β-unsaturated/α-hetero) is 1. The first-order chi connectivity index (χ1) is 9.45. The molecule has 0 amide bonds. The Morgan fingerprint density at radius 3 is 2.30 bits per heavy atom. The van der Waals surface area contributed by atoms with Crippen LogP contribution < -0.4 is 4.74 Å². The Balaban J connectivity index is 2.64. The average molecular weight is 274 g/mol. The number of rotatable bonds is 4. The molecule has 6 nitrogen and oxygen atoms in total. The van der Waals surface area contributed by atoms with E-state index in [2.05, 4.69) is 5.10 Å². The van der Waals surface area contributed by atoms with Crippen molar-refractivity contribution in [2.24, 2.45) is 0 Å². The number of methoxy groups -OCH3 is 1. The molecule has 0 fully saturated rings. The monoisotopic (exact) mass is 274 g/mol. The molecule has 0 bridgehead atoms. The van der Waals surface area contributed by atoms with Crippen molar-refractivity contribution in [3.05, 3.63) is 41.2 Å². The Hall–Kier alpha value is -2.63. The molecule has 1 heterocycles. The second kappa shape index (κ2) is 5.16. The van der Waals surface area contributed by atoms with Crippen molar-refractivity contribution in [3.63, 3.8) is 0 Å². The predicted octanol–water partition coefficient (Wildman–Crippen LogP) is 2.09. The van der Waals surface area contributed by atoms with Crippen LogP contribution in [0.5, 0.6) is 5.75 Å². The summed E-state index contributed by atoms with van der Waals surface area (Å²) < 4.78 is 6.41. The standard InChI is InChI=1S/C14H14N2O4/c1-8-12(14(18)19)13(9(2)17)16(15-8)10-4-6-11(20-3)7-5-10/h4-7H,1-3H3,(H,18,19). The summed E-state index contributed by atoms with van der Waals surface area (Å²) in [6, 6.07) is 6.86. The van der Waals surface area contributed by atoms with Crippen molar-refractivity contribution >= 4 is 11.8 Å². The van der Waals surface area contributed by atoms with E-state index in [0.717, 1.165) is 0 Å². The van der Waals surface area contributed by atoms with Gasteiger partial charge in [-0.25, -0.2) is 9.48 Å². The number of carboxylic acids is 1. The van der Waals surface area contributed by atoms with E-state index in [1.165, 1.54) is 11.6 Å².